The zero-order valence-corrected chi connectivity index (χ0v) is 8.98. The number of hydrogen-bond acceptors (Lipinski definition) is 8. The molecule has 1 saturated heterocycles. The number of aliphatic hydroxyl groups excluding tert-OH is 3. The Morgan fingerprint density at radius 2 is 1.88 bits per heavy atom. The highest BCUT2D eigenvalue weighted by molar-refractivity contribution is 4.89. The minimum Gasteiger partial charge on any atom is -0.394 e. The van der Waals surface area contributed by atoms with Crippen LogP contribution in [-0.2, 0) is 24.3 Å². The van der Waals surface area contributed by atoms with E-state index in [9.17, 15) is 10.2 Å². The van der Waals surface area contributed by atoms with Crippen molar-refractivity contribution in [2.24, 2.45) is 0 Å². The van der Waals surface area contributed by atoms with Crippen LogP contribution in [0.4, 0.5) is 0 Å². The van der Waals surface area contributed by atoms with Crippen molar-refractivity contribution in [1.82, 2.24) is 0 Å². The molecular formula is C8H16O8. The van der Waals surface area contributed by atoms with Gasteiger partial charge in [0, 0.05) is 7.11 Å². The second kappa shape index (κ2) is 6.42. The van der Waals surface area contributed by atoms with Crippen molar-refractivity contribution in [3.05, 3.63) is 0 Å². The van der Waals surface area contributed by atoms with Gasteiger partial charge in [0.15, 0.2) is 0 Å². The van der Waals surface area contributed by atoms with Crippen LogP contribution >= 0.6 is 0 Å². The quantitative estimate of drug-likeness (QED) is 0.372. The van der Waals surface area contributed by atoms with Gasteiger partial charge in [0.2, 0.25) is 6.29 Å². The number of hydrogen-bond donors (Lipinski definition) is 3. The molecule has 0 bridgehead atoms. The molecule has 0 saturated carbocycles. The van der Waals surface area contributed by atoms with Gasteiger partial charge in [-0.05, 0) is 0 Å². The second-order valence-electron chi connectivity index (χ2n) is 3.24. The van der Waals surface area contributed by atoms with Crippen LogP contribution in [0.15, 0.2) is 0 Å². The molecule has 0 aliphatic carbocycles. The van der Waals surface area contributed by atoms with Crippen LogP contribution in [0.2, 0.25) is 0 Å². The molecule has 0 aromatic heterocycles. The third-order valence-corrected chi connectivity index (χ3v) is 2.30. The fraction of sp³-hybridized carbons (Fsp3) is 1.00. The maximum atomic E-state index is 9.69. The van der Waals surface area contributed by atoms with E-state index in [1.165, 1.54) is 14.2 Å². The van der Waals surface area contributed by atoms with Crippen LogP contribution in [0.1, 0.15) is 0 Å². The van der Waals surface area contributed by atoms with E-state index in [1.807, 2.05) is 0 Å². The molecule has 5 atom stereocenters. The summed E-state index contributed by atoms with van der Waals surface area (Å²) < 4.78 is 9.93. The lowest BCUT2D eigenvalue weighted by molar-refractivity contribution is -0.554. The zero-order chi connectivity index (χ0) is 12.1. The summed E-state index contributed by atoms with van der Waals surface area (Å²) in [6.45, 7) is -0.444. The summed E-state index contributed by atoms with van der Waals surface area (Å²) in [5, 5.41) is 32.4. The molecule has 0 aromatic carbocycles. The SMILES string of the molecule is COOO[C@@H]1OC(CO)[C@@H](O)C(OC)C1O. The molecule has 1 heterocycles. The van der Waals surface area contributed by atoms with E-state index >= 15 is 0 Å². The normalized spacial score (nSPS) is 39.9. The molecule has 0 aromatic rings. The van der Waals surface area contributed by atoms with Crippen molar-refractivity contribution in [2.45, 2.75) is 30.7 Å². The highest BCUT2D eigenvalue weighted by Gasteiger charge is 2.46. The third kappa shape index (κ3) is 2.87. The number of ether oxygens (including phenoxy) is 2. The first-order valence-corrected chi connectivity index (χ1v) is 4.67. The average Bonchev–Trinajstić information content (AvgIpc) is 2.29. The molecule has 1 aliphatic heterocycles. The highest BCUT2D eigenvalue weighted by atomic mass is 17.5. The Morgan fingerprint density at radius 3 is 2.38 bits per heavy atom. The minimum atomic E-state index is -1.27. The van der Waals surface area contributed by atoms with Gasteiger partial charge in [-0.25, -0.2) is 4.89 Å². The predicted molar refractivity (Wildman–Crippen MR) is 47.7 cm³/mol. The molecule has 3 unspecified atom stereocenters. The molecule has 1 fully saturated rings. The monoisotopic (exact) mass is 240 g/mol. The summed E-state index contributed by atoms with van der Waals surface area (Å²) in [6.07, 6.45) is -5.52. The molecule has 1 aliphatic rings. The maximum absolute atomic E-state index is 9.69. The van der Waals surface area contributed by atoms with Gasteiger partial charge in [0.25, 0.3) is 0 Å². The third-order valence-electron chi connectivity index (χ3n) is 2.30. The summed E-state index contributed by atoms with van der Waals surface area (Å²) in [5.41, 5.74) is 0. The maximum Gasteiger partial charge on any atom is 0.223 e. The van der Waals surface area contributed by atoms with E-state index in [4.69, 9.17) is 14.6 Å². The topological polar surface area (TPSA) is 107 Å². The summed E-state index contributed by atoms with van der Waals surface area (Å²) in [6, 6.07) is 0. The summed E-state index contributed by atoms with van der Waals surface area (Å²) in [4.78, 5) is 8.74. The number of aliphatic hydroxyl groups is 3. The van der Waals surface area contributed by atoms with Gasteiger partial charge in [-0.15, -0.1) is 0 Å². The lowest BCUT2D eigenvalue weighted by atomic mass is 9.99. The van der Waals surface area contributed by atoms with Gasteiger partial charge < -0.3 is 24.8 Å². The smallest absolute Gasteiger partial charge is 0.223 e. The van der Waals surface area contributed by atoms with Crippen LogP contribution in [-0.4, -0.2) is 66.9 Å². The fourth-order valence-corrected chi connectivity index (χ4v) is 1.49. The van der Waals surface area contributed by atoms with Crippen molar-refractivity contribution < 1.29 is 39.6 Å². The molecule has 0 radical (unpaired) electrons. The first-order valence-electron chi connectivity index (χ1n) is 4.67. The minimum absolute atomic E-state index is 0.444. The van der Waals surface area contributed by atoms with Crippen LogP contribution in [0.3, 0.4) is 0 Å². The molecule has 1 rings (SSSR count). The van der Waals surface area contributed by atoms with Crippen LogP contribution in [0.25, 0.3) is 0 Å². The van der Waals surface area contributed by atoms with Gasteiger partial charge in [-0.1, -0.05) is 5.04 Å². The molecule has 8 nitrogen and oxygen atoms in total. The van der Waals surface area contributed by atoms with E-state index in [0.29, 0.717) is 0 Å². The summed E-state index contributed by atoms with van der Waals surface area (Å²) in [5.74, 6) is 0. The summed E-state index contributed by atoms with van der Waals surface area (Å²) in [7, 11) is 2.52. The van der Waals surface area contributed by atoms with Crippen molar-refractivity contribution in [3.8, 4) is 0 Å². The molecule has 96 valence electrons. The lowest BCUT2D eigenvalue weighted by Crippen LogP contribution is -2.59. The first kappa shape index (κ1) is 13.7. The molecule has 16 heavy (non-hydrogen) atoms. The first-order chi connectivity index (χ1) is 7.65. The Hall–Kier alpha value is -0.320. The van der Waals surface area contributed by atoms with Crippen LogP contribution in [0, 0.1) is 0 Å². The number of methoxy groups -OCH3 is 1. The molecule has 0 amide bonds. The van der Waals surface area contributed by atoms with Gasteiger partial charge in [-0.3, -0.25) is 0 Å². The standard InChI is InChI=1S/C8H16O8/c1-12-7-5(10)4(3-9)14-8(6(7)11)15-16-13-2/h4-11H,3H2,1-2H3/t4?,5-,6?,7?,8+/m1/s1. The van der Waals surface area contributed by atoms with Gasteiger partial charge in [0.1, 0.15) is 24.4 Å². The summed E-state index contributed by atoms with van der Waals surface area (Å²) >= 11 is 0. The largest absolute Gasteiger partial charge is 0.394 e. The van der Waals surface area contributed by atoms with Gasteiger partial charge in [0.05, 0.1) is 13.7 Å². The van der Waals surface area contributed by atoms with E-state index < -0.39 is 37.3 Å². The fourth-order valence-electron chi connectivity index (χ4n) is 1.49. The van der Waals surface area contributed by atoms with E-state index in [-0.39, 0.29) is 0 Å². The second-order valence-corrected chi connectivity index (χ2v) is 3.24. The van der Waals surface area contributed by atoms with E-state index in [2.05, 4.69) is 14.8 Å². The zero-order valence-electron chi connectivity index (χ0n) is 8.98. The Labute approximate surface area is 92.1 Å². The molecule has 8 heteroatoms. The molecule has 0 spiro atoms. The molecule has 3 N–H and O–H groups in total. The van der Waals surface area contributed by atoms with Crippen LogP contribution in [0.5, 0.6) is 0 Å². The Kier molecular flexibility index (Phi) is 5.52. The Morgan fingerprint density at radius 1 is 1.19 bits per heavy atom. The van der Waals surface area contributed by atoms with Gasteiger partial charge >= 0.3 is 0 Å². The lowest BCUT2D eigenvalue weighted by Gasteiger charge is -2.39. The van der Waals surface area contributed by atoms with Crippen molar-refractivity contribution in [3.63, 3.8) is 0 Å². The van der Waals surface area contributed by atoms with E-state index in [1.54, 1.807) is 0 Å². The highest BCUT2D eigenvalue weighted by Crippen LogP contribution is 2.23. The molecular weight excluding hydrogens is 224 g/mol. The van der Waals surface area contributed by atoms with Gasteiger partial charge in [-0.2, -0.15) is 4.89 Å². The Balaban J connectivity index is 2.64. The van der Waals surface area contributed by atoms with Crippen molar-refractivity contribution in [1.29, 1.82) is 0 Å². The van der Waals surface area contributed by atoms with Crippen LogP contribution < -0.4 is 0 Å². The predicted octanol–water partition coefficient (Wildman–Crippen LogP) is -2.05. The van der Waals surface area contributed by atoms with Crippen molar-refractivity contribution in [2.75, 3.05) is 20.8 Å². The van der Waals surface area contributed by atoms with E-state index in [0.717, 1.165) is 0 Å². The van der Waals surface area contributed by atoms with Crippen molar-refractivity contribution >= 4 is 0 Å². The Bertz CT molecular complexity index is 200. The number of rotatable bonds is 5. The average molecular weight is 240 g/mol.